The third-order valence-electron chi connectivity index (χ3n) is 5.57. The van der Waals surface area contributed by atoms with Crippen molar-refractivity contribution in [3.63, 3.8) is 0 Å². The van der Waals surface area contributed by atoms with Crippen LogP contribution in [0, 0.1) is 35.0 Å². The predicted octanol–water partition coefficient (Wildman–Crippen LogP) is 4.89. The van der Waals surface area contributed by atoms with E-state index in [9.17, 15) is 13.2 Å². The van der Waals surface area contributed by atoms with Crippen molar-refractivity contribution in [2.45, 2.75) is 53.1 Å². The molecule has 0 spiro atoms. The van der Waals surface area contributed by atoms with Crippen molar-refractivity contribution in [2.75, 3.05) is 0 Å². The molecule has 0 aromatic carbocycles. The molecule has 2 rings (SSSR count). The summed E-state index contributed by atoms with van der Waals surface area (Å²) in [6, 6.07) is 0. The monoisotopic (exact) mass is 248 g/mol. The average Bonchev–Trinajstić information content (AvgIpc) is 2.66. The van der Waals surface area contributed by atoms with Gasteiger partial charge in [0.05, 0.1) is 5.41 Å². The lowest BCUT2D eigenvalue weighted by Crippen LogP contribution is -2.36. The SMILES string of the molecule is CC1C2CC(CC(C)(C)C(F)(F)F)C(C2)C1C. The van der Waals surface area contributed by atoms with Crippen LogP contribution in [-0.4, -0.2) is 6.18 Å². The zero-order chi connectivity index (χ0) is 13.0. The largest absolute Gasteiger partial charge is 0.393 e. The van der Waals surface area contributed by atoms with Crippen LogP contribution in [-0.2, 0) is 0 Å². The first-order valence-corrected chi connectivity index (χ1v) is 6.70. The fourth-order valence-corrected chi connectivity index (χ4v) is 4.10. The zero-order valence-corrected chi connectivity index (χ0v) is 11.1. The highest BCUT2D eigenvalue weighted by atomic mass is 19.4. The van der Waals surface area contributed by atoms with Gasteiger partial charge in [-0.1, -0.05) is 27.7 Å². The summed E-state index contributed by atoms with van der Waals surface area (Å²) < 4.78 is 38.7. The van der Waals surface area contributed by atoms with E-state index in [-0.39, 0.29) is 0 Å². The summed E-state index contributed by atoms with van der Waals surface area (Å²) in [7, 11) is 0. The van der Waals surface area contributed by atoms with Crippen molar-refractivity contribution in [1.29, 1.82) is 0 Å². The predicted molar refractivity (Wildman–Crippen MR) is 62.5 cm³/mol. The maximum absolute atomic E-state index is 12.9. The van der Waals surface area contributed by atoms with Gasteiger partial charge in [0.2, 0.25) is 0 Å². The van der Waals surface area contributed by atoms with E-state index in [2.05, 4.69) is 13.8 Å². The summed E-state index contributed by atoms with van der Waals surface area (Å²) in [5, 5.41) is 0. The third kappa shape index (κ3) is 2.10. The van der Waals surface area contributed by atoms with Crippen molar-refractivity contribution in [3.8, 4) is 0 Å². The van der Waals surface area contributed by atoms with E-state index in [1.54, 1.807) is 0 Å². The van der Waals surface area contributed by atoms with Gasteiger partial charge in [-0.3, -0.25) is 0 Å². The Balaban J connectivity index is 2.04. The summed E-state index contributed by atoms with van der Waals surface area (Å²) in [6.07, 6.45) is -1.56. The second-order valence-corrected chi connectivity index (χ2v) is 6.96. The Morgan fingerprint density at radius 1 is 1.00 bits per heavy atom. The molecule has 17 heavy (non-hydrogen) atoms. The molecule has 0 aliphatic heterocycles. The lowest BCUT2D eigenvalue weighted by atomic mass is 9.70. The molecule has 2 saturated carbocycles. The molecule has 2 bridgehead atoms. The lowest BCUT2D eigenvalue weighted by molar-refractivity contribution is -0.218. The van der Waals surface area contributed by atoms with Crippen molar-refractivity contribution in [1.82, 2.24) is 0 Å². The second-order valence-electron chi connectivity index (χ2n) is 6.96. The van der Waals surface area contributed by atoms with Gasteiger partial charge in [-0.15, -0.1) is 0 Å². The molecule has 2 aliphatic rings. The van der Waals surface area contributed by atoms with Crippen molar-refractivity contribution in [2.24, 2.45) is 35.0 Å². The molecule has 0 nitrogen and oxygen atoms in total. The van der Waals surface area contributed by atoms with Gasteiger partial charge in [0, 0.05) is 0 Å². The van der Waals surface area contributed by atoms with Crippen molar-refractivity contribution in [3.05, 3.63) is 0 Å². The van der Waals surface area contributed by atoms with Gasteiger partial charge in [-0.05, 0) is 48.9 Å². The van der Waals surface area contributed by atoms with Gasteiger partial charge in [0.1, 0.15) is 0 Å². The van der Waals surface area contributed by atoms with Crippen LogP contribution in [0.5, 0.6) is 0 Å². The van der Waals surface area contributed by atoms with Gasteiger partial charge < -0.3 is 0 Å². The minimum absolute atomic E-state index is 0.294. The topological polar surface area (TPSA) is 0 Å². The number of rotatable bonds is 2. The van der Waals surface area contributed by atoms with Crippen molar-refractivity contribution >= 4 is 0 Å². The van der Waals surface area contributed by atoms with E-state index in [1.165, 1.54) is 20.3 Å². The number of hydrogen-bond acceptors (Lipinski definition) is 0. The van der Waals surface area contributed by atoms with E-state index in [1.807, 2.05) is 0 Å². The Kier molecular flexibility index (Phi) is 3.03. The van der Waals surface area contributed by atoms with Gasteiger partial charge in [-0.2, -0.15) is 13.2 Å². The summed E-state index contributed by atoms with van der Waals surface area (Å²) >= 11 is 0. The molecule has 0 amide bonds. The molecule has 2 aliphatic carbocycles. The Bertz CT molecular complexity index is 290. The Hall–Kier alpha value is -0.210. The molecule has 0 N–H and O–H groups in total. The van der Waals surface area contributed by atoms with E-state index >= 15 is 0 Å². The van der Waals surface area contributed by atoms with Crippen LogP contribution in [0.15, 0.2) is 0 Å². The van der Waals surface area contributed by atoms with Gasteiger partial charge in [0.15, 0.2) is 0 Å². The van der Waals surface area contributed by atoms with Gasteiger partial charge in [0.25, 0.3) is 0 Å². The molecule has 100 valence electrons. The molecule has 0 saturated heterocycles. The molecular weight excluding hydrogens is 225 g/mol. The number of hydrogen-bond donors (Lipinski definition) is 0. The first-order chi connectivity index (χ1) is 7.63. The fraction of sp³-hybridized carbons (Fsp3) is 1.00. The highest BCUT2D eigenvalue weighted by molar-refractivity contribution is 4.99. The van der Waals surface area contributed by atoms with Crippen LogP contribution in [0.25, 0.3) is 0 Å². The molecule has 0 aromatic rings. The van der Waals surface area contributed by atoms with Gasteiger partial charge >= 0.3 is 6.18 Å². The van der Waals surface area contributed by atoms with E-state index in [0.29, 0.717) is 36.0 Å². The molecule has 2 fully saturated rings. The van der Waals surface area contributed by atoms with E-state index in [0.717, 1.165) is 6.42 Å². The van der Waals surface area contributed by atoms with Crippen LogP contribution in [0.3, 0.4) is 0 Å². The lowest BCUT2D eigenvalue weighted by Gasteiger charge is -2.37. The maximum Gasteiger partial charge on any atom is 0.393 e. The molecule has 0 heterocycles. The first kappa shape index (κ1) is 13.2. The number of alkyl halides is 3. The minimum Gasteiger partial charge on any atom is -0.171 e. The summed E-state index contributed by atoms with van der Waals surface area (Å²) in [5.41, 5.74) is -1.52. The van der Waals surface area contributed by atoms with Crippen LogP contribution in [0.2, 0.25) is 0 Å². The molecule has 5 unspecified atom stereocenters. The van der Waals surface area contributed by atoms with Crippen LogP contribution in [0.1, 0.15) is 47.0 Å². The van der Waals surface area contributed by atoms with Crippen LogP contribution < -0.4 is 0 Å². The van der Waals surface area contributed by atoms with Crippen LogP contribution in [0.4, 0.5) is 13.2 Å². The summed E-state index contributed by atoms with van der Waals surface area (Å²) in [5.74, 6) is 2.84. The smallest absolute Gasteiger partial charge is 0.171 e. The minimum atomic E-state index is -4.07. The van der Waals surface area contributed by atoms with E-state index in [4.69, 9.17) is 0 Å². The molecule has 0 aromatic heterocycles. The average molecular weight is 248 g/mol. The zero-order valence-electron chi connectivity index (χ0n) is 11.1. The quantitative estimate of drug-likeness (QED) is 0.652. The third-order valence-corrected chi connectivity index (χ3v) is 5.57. The summed E-state index contributed by atoms with van der Waals surface area (Å²) in [6.45, 7) is 7.20. The van der Waals surface area contributed by atoms with Gasteiger partial charge in [-0.25, -0.2) is 0 Å². The maximum atomic E-state index is 12.9. The standard InChI is InChI=1S/C14H23F3/c1-8-9(2)12-6-10(8)5-11(12)7-13(3,4)14(15,16)17/h8-12H,5-7H2,1-4H3. The Morgan fingerprint density at radius 3 is 2.00 bits per heavy atom. The molecule has 3 heteroatoms. The highest BCUT2D eigenvalue weighted by Gasteiger charge is 2.54. The molecule has 0 radical (unpaired) electrons. The number of fused-ring (bicyclic) bond motifs is 2. The first-order valence-electron chi connectivity index (χ1n) is 6.70. The fourth-order valence-electron chi connectivity index (χ4n) is 4.10. The Labute approximate surface area is 102 Å². The van der Waals surface area contributed by atoms with E-state index < -0.39 is 11.6 Å². The number of halogens is 3. The molecular formula is C14H23F3. The van der Waals surface area contributed by atoms with Crippen LogP contribution >= 0.6 is 0 Å². The highest BCUT2D eigenvalue weighted by Crippen LogP contribution is 2.58. The summed E-state index contributed by atoms with van der Waals surface area (Å²) in [4.78, 5) is 0. The van der Waals surface area contributed by atoms with Crippen molar-refractivity contribution < 1.29 is 13.2 Å². The molecule has 5 atom stereocenters. The second kappa shape index (κ2) is 3.89. The Morgan fingerprint density at radius 2 is 1.59 bits per heavy atom. The normalized spacial score (nSPS) is 42.2.